The van der Waals surface area contributed by atoms with E-state index in [0.29, 0.717) is 24.4 Å². The van der Waals surface area contributed by atoms with Crippen LogP contribution in [0.4, 0.5) is 21.9 Å². The topological polar surface area (TPSA) is 82.7 Å². The second-order valence-corrected chi connectivity index (χ2v) is 7.06. The Morgan fingerprint density at radius 2 is 1.83 bits per heavy atom. The molecule has 0 spiro atoms. The SMILES string of the molecule is COCCCNC(=O)c1cc(NC(=O)Nc2cccc(C)c2C)ccc1N(C)C. The summed E-state index contributed by atoms with van der Waals surface area (Å²) < 4.78 is 5.00. The summed E-state index contributed by atoms with van der Waals surface area (Å²) in [6, 6.07) is 10.7. The van der Waals surface area contributed by atoms with Crippen LogP contribution in [0.3, 0.4) is 0 Å². The van der Waals surface area contributed by atoms with Gasteiger partial charge in [0, 0.05) is 51.4 Å². The van der Waals surface area contributed by atoms with Gasteiger partial charge in [-0.25, -0.2) is 4.79 Å². The lowest BCUT2D eigenvalue weighted by Crippen LogP contribution is -2.27. The Morgan fingerprint density at radius 1 is 1.07 bits per heavy atom. The number of urea groups is 1. The van der Waals surface area contributed by atoms with Crippen LogP contribution >= 0.6 is 0 Å². The quantitative estimate of drug-likeness (QED) is 0.591. The normalized spacial score (nSPS) is 10.4. The average Bonchev–Trinajstić information content (AvgIpc) is 2.68. The van der Waals surface area contributed by atoms with Crippen molar-refractivity contribution in [2.45, 2.75) is 20.3 Å². The average molecular weight is 399 g/mol. The smallest absolute Gasteiger partial charge is 0.323 e. The summed E-state index contributed by atoms with van der Waals surface area (Å²) in [6.45, 7) is 5.06. The minimum absolute atomic E-state index is 0.191. The van der Waals surface area contributed by atoms with Gasteiger partial charge in [-0.15, -0.1) is 0 Å². The van der Waals surface area contributed by atoms with E-state index in [9.17, 15) is 9.59 Å². The Balaban J connectivity index is 2.13. The molecule has 7 heteroatoms. The van der Waals surface area contributed by atoms with Crippen LogP contribution in [0, 0.1) is 13.8 Å². The molecule has 0 heterocycles. The van der Waals surface area contributed by atoms with E-state index in [1.54, 1.807) is 19.2 Å². The monoisotopic (exact) mass is 398 g/mol. The molecule has 7 nitrogen and oxygen atoms in total. The molecule has 0 radical (unpaired) electrons. The van der Waals surface area contributed by atoms with Crippen molar-refractivity contribution in [3.05, 3.63) is 53.1 Å². The van der Waals surface area contributed by atoms with Crippen molar-refractivity contribution >= 4 is 29.0 Å². The number of nitrogens with one attached hydrogen (secondary N) is 3. The van der Waals surface area contributed by atoms with E-state index in [2.05, 4.69) is 16.0 Å². The van der Waals surface area contributed by atoms with Gasteiger partial charge >= 0.3 is 6.03 Å². The van der Waals surface area contributed by atoms with Gasteiger partial charge in [0.2, 0.25) is 0 Å². The third-order valence-electron chi connectivity index (χ3n) is 4.64. The first kappa shape index (κ1) is 22.2. The number of aryl methyl sites for hydroxylation is 1. The first-order chi connectivity index (χ1) is 13.8. The number of methoxy groups -OCH3 is 1. The molecule has 0 fully saturated rings. The standard InChI is InChI=1S/C22H30N4O3/c1-15-8-6-9-19(16(15)2)25-22(28)24-17-10-11-20(26(3)4)18(14-17)21(27)23-12-7-13-29-5/h6,8-11,14H,7,12-13H2,1-5H3,(H,23,27)(H2,24,25,28). The Bertz CT molecular complexity index is 865. The molecule has 156 valence electrons. The Morgan fingerprint density at radius 3 is 2.52 bits per heavy atom. The molecule has 2 aromatic rings. The van der Waals surface area contributed by atoms with E-state index in [0.717, 1.165) is 28.9 Å². The van der Waals surface area contributed by atoms with Gasteiger partial charge < -0.3 is 25.6 Å². The molecular weight excluding hydrogens is 368 g/mol. The molecule has 0 unspecified atom stereocenters. The van der Waals surface area contributed by atoms with Crippen LogP contribution in [0.25, 0.3) is 0 Å². The van der Waals surface area contributed by atoms with Crippen LogP contribution < -0.4 is 20.9 Å². The number of nitrogens with zero attached hydrogens (tertiary/aromatic N) is 1. The zero-order valence-corrected chi connectivity index (χ0v) is 17.8. The fourth-order valence-electron chi connectivity index (χ4n) is 2.87. The Labute approximate surface area is 172 Å². The highest BCUT2D eigenvalue weighted by atomic mass is 16.5. The van der Waals surface area contributed by atoms with Crippen molar-refractivity contribution in [1.29, 1.82) is 0 Å². The lowest BCUT2D eigenvalue weighted by atomic mass is 10.1. The molecule has 0 aliphatic heterocycles. The summed E-state index contributed by atoms with van der Waals surface area (Å²) in [5, 5.41) is 8.55. The van der Waals surface area contributed by atoms with Gasteiger partial charge in [0.25, 0.3) is 5.91 Å². The summed E-state index contributed by atoms with van der Waals surface area (Å²) in [5.41, 5.74) is 4.68. The van der Waals surface area contributed by atoms with Gasteiger partial charge in [-0.3, -0.25) is 4.79 Å². The molecule has 0 saturated carbocycles. The molecule has 0 aliphatic carbocycles. The van der Waals surface area contributed by atoms with Crippen LogP contribution in [0.15, 0.2) is 36.4 Å². The third-order valence-corrected chi connectivity index (χ3v) is 4.64. The number of ether oxygens (including phenoxy) is 1. The third kappa shape index (κ3) is 6.22. The van der Waals surface area contributed by atoms with E-state index in [1.807, 2.05) is 57.1 Å². The highest BCUT2D eigenvalue weighted by Gasteiger charge is 2.15. The molecule has 2 rings (SSSR count). The van der Waals surface area contributed by atoms with Crippen LogP contribution in [-0.4, -0.2) is 46.3 Å². The molecule has 0 aliphatic rings. The number of rotatable bonds is 8. The maximum Gasteiger partial charge on any atom is 0.323 e. The van der Waals surface area contributed by atoms with Crippen molar-refractivity contribution in [2.75, 3.05) is 49.9 Å². The zero-order valence-electron chi connectivity index (χ0n) is 17.8. The van der Waals surface area contributed by atoms with Crippen molar-refractivity contribution in [2.24, 2.45) is 0 Å². The Kier molecular flexibility index (Phi) is 8.03. The fraction of sp³-hybridized carbons (Fsp3) is 0.364. The predicted molar refractivity (Wildman–Crippen MR) is 118 cm³/mol. The highest BCUT2D eigenvalue weighted by molar-refractivity contribution is 6.04. The highest BCUT2D eigenvalue weighted by Crippen LogP contribution is 2.24. The molecule has 0 saturated heterocycles. The maximum absolute atomic E-state index is 12.6. The molecule has 29 heavy (non-hydrogen) atoms. The summed E-state index contributed by atoms with van der Waals surface area (Å²) in [7, 11) is 5.37. The minimum atomic E-state index is -0.359. The van der Waals surface area contributed by atoms with E-state index in [4.69, 9.17) is 4.74 Å². The number of anilines is 3. The van der Waals surface area contributed by atoms with Crippen molar-refractivity contribution < 1.29 is 14.3 Å². The van der Waals surface area contributed by atoms with E-state index in [1.165, 1.54) is 0 Å². The van der Waals surface area contributed by atoms with E-state index in [-0.39, 0.29) is 11.9 Å². The molecule has 3 N–H and O–H groups in total. The Hall–Kier alpha value is -3.06. The summed E-state index contributed by atoms with van der Waals surface area (Å²) in [4.78, 5) is 26.9. The summed E-state index contributed by atoms with van der Waals surface area (Å²) in [6.07, 6.45) is 0.732. The number of benzene rings is 2. The summed E-state index contributed by atoms with van der Waals surface area (Å²) in [5.74, 6) is -0.191. The van der Waals surface area contributed by atoms with Crippen molar-refractivity contribution in [1.82, 2.24) is 5.32 Å². The lowest BCUT2D eigenvalue weighted by molar-refractivity contribution is 0.0949. The van der Waals surface area contributed by atoms with Gasteiger partial charge in [-0.2, -0.15) is 0 Å². The van der Waals surface area contributed by atoms with E-state index >= 15 is 0 Å². The molecule has 0 aromatic heterocycles. The van der Waals surface area contributed by atoms with Gasteiger partial charge in [-0.05, 0) is 55.7 Å². The molecule has 2 aromatic carbocycles. The fourth-order valence-corrected chi connectivity index (χ4v) is 2.87. The number of hydrogen-bond acceptors (Lipinski definition) is 4. The van der Waals surface area contributed by atoms with Gasteiger partial charge in [0.15, 0.2) is 0 Å². The van der Waals surface area contributed by atoms with E-state index < -0.39 is 0 Å². The zero-order chi connectivity index (χ0) is 21.4. The molecule has 0 bridgehead atoms. The van der Waals surface area contributed by atoms with Gasteiger partial charge in [0.05, 0.1) is 5.56 Å². The number of hydrogen-bond donors (Lipinski definition) is 3. The minimum Gasteiger partial charge on any atom is -0.385 e. The van der Waals surface area contributed by atoms with Crippen molar-refractivity contribution in [3.8, 4) is 0 Å². The molecule has 3 amide bonds. The van der Waals surface area contributed by atoms with Gasteiger partial charge in [-0.1, -0.05) is 12.1 Å². The molecule has 0 atom stereocenters. The first-order valence-electron chi connectivity index (χ1n) is 9.56. The van der Waals surface area contributed by atoms with Crippen molar-refractivity contribution in [3.63, 3.8) is 0 Å². The van der Waals surface area contributed by atoms with Crippen LogP contribution in [0.5, 0.6) is 0 Å². The largest absolute Gasteiger partial charge is 0.385 e. The second-order valence-electron chi connectivity index (χ2n) is 7.06. The van der Waals surface area contributed by atoms with Crippen LogP contribution in [0.1, 0.15) is 27.9 Å². The second kappa shape index (κ2) is 10.5. The first-order valence-corrected chi connectivity index (χ1v) is 9.56. The van der Waals surface area contributed by atoms with Crippen LogP contribution in [-0.2, 0) is 4.74 Å². The van der Waals surface area contributed by atoms with Crippen LogP contribution in [0.2, 0.25) is 0 Å². The lowest BCUT2D eigenvalue weighted by Gasteiger charge is -2.19. The number of amides is 3. The number of carbonyl (C=O) groups excluding carboxylic acids is 2. The maximum atomic E-state index is 12.6. The summed E-state index contributed by atoms with van der Waals surface area (Å²) >= 11 is 0. The predicted octanol–water partition coefficient (Wildman–Crippen LogP) is 3.78. The number of carbonyl (C=O) groups is 2. The van der Waals surface area contributed by atoms with Gasteiger partial charge in [0.1, 0.15) is 0 Å². The molecular formula is C22H30N4O3.